The molecule has 0 aliphatic rings. The van der Waals surface area contributed by atoms with Crippen LogP contribution in [0.15, 0.2) is 59.6 Å². The van der Waals surface area contributed by atoms with Crippen LogP contribution in [0.3, 0.4) is 0 Å². The highest BCUT2D eigenvalue weighted by molar-refractivity contribution is 14.0. The molecular formula is C17H19F3IN3O. The standard InChI is InChI=1S/C17H18F3N3O.HI/c18-17(19,20)24-15-9-5-4-8-14(15)12-23-16(21)22-11-10-13-6-2-1-3-7-13;/h1-9H,10-12H2,(H3,21,22,23);1H. The fourth-order valence-corrected chi connectivity index (χ4v) is 2.06. The molecular weight excluding hydrogens is 446 g/mol. The zero-order chi connectivity index (χ0) is 17.4. The van der Waals surface area contributed by atoms with Crippen LogP contribution in [0.5, 0.6) is 5.75 Å². The van der Waals surface area contributed by atoms with Crippen molar-refractivity contribution in [1.29, 1.82) is 0 Å². The maximum atomic E-state index is 12.4. The summed E-state index contributed by atoms with van der Waals surface area (Å²) in [4.78, 5) is 4.05. The van der Waals surface area contributed by atoms with Gasteiger partial charge in [-0.05, 0) is 18.1 Å². The van der Waals surface area contributed by atoms with Crippen LogP contribution in [0.1, 0.15) is 11.1 Å². The van der Waals surface area contributed by atoms with E-state index in [1.807, 2.05) is 30.3 Å². The molecule has 3 N–H and O–H groups in total. The third kappa shape index (κ3) is 8.10. The maximum Gasteiger partial charge on any atom is 0.573 e. The number of guanidine groups is 1. The van der Waals surface area contributed by atoms with Gasteiger partial charge in [0.2, 0.25) is 0 Å². The number of aliphatic imine (C=N–C) groups is 1. The Labute approximate surface area is 161 Å². The zero-order valence-electron chi connectivity index (χ0n) is 13.3. The molecule has 0 saturated carbocycles. The van der Waals surface area contributed by atoms with E-state index in [0.29, 0.717) is 12.1 Å². The summed E-state index contributed by atoms with van der Waals surface area (Å²) in [5.74, 6) is -0.0985. The van der Waals surface area contributed by atoms with E-state index in [0.717, 1.165) is 12.0 Å². The number of alkyl halides is 3. The number of benzene rings is 2. The second kappa shape index (κ2) is 10.1. The van der Waals surface area contributed by atoms with E-state index < -0.39 is 6.36 Å². The molecule has 0 heterocycles. The topological polar surface area (TPSA) is 59.6 Å². The highest BCUT2D eigenvalue weighted by Crippen LogP contribution is 2.26. The van der Waals surface area contributed by atoms with Crippen molar-refractivity contribution in [3.8, 4) is 5.75 Å². The first kappa shape index (κ1) is 21.1. The van der Waals surface area contributed by atoms with Crippen LogP contribution >= 0.6 is 24.0 Å². The van der Waals surface area contributed by atoms with Crippen LogP contribution in [0.2, 0.25) is 0 Å². The molecule has 0 atom stereocenters. The van der Waals surface area contributed by atoms with E-state index in [2.05, 4.69) is 15.0 Å². The molecule has 0 radical (unpaired) electrons. The van der Waals surface area contributed by atoms with Gasteiger partial charge in [-0.2, -0.15) is 0 Å². The van der Waals surface area contributed by atoms with Crippen LogP contribution in [-0.4, -0.2) is 18.9 Å². The Kier molecular flexibility index (Phi) is 8.53. The van der Waals surface area contributed by atoms with E-state index in [1.165, 1.54) is 18.2 Å². The summed E-state index contributed by atoms with van der Waals surface area (Å²) in [6, 6.07) is 15.7. The van der Waals surface area contributed by atoms with Crippen LogP contribution in [0.25, 0.3) is 0 Å². The highest BCUT2D eigenvalue weighted by atomic mass is 127. The van der Waals surface area contributed by atoms with Gasteiger partial charge in [0.05, 0.1) is 6.54 Å². The SMILES string of the molecule is I.NC(=NCc1ccccc1OC(F)(F)F)NCCc1ccccc1. The lowest BCUT2D eigenvalue weighted by molar-refractivity contribution is -0.274. The summed E-state index contributed by atoms with van der Waals surface area (Å²) in [7, 11) is 0. The molecule has 2 rings (SSSR count). The van der Waals surface area contributed by atoms with Gasteiger partial charge >= 0.3 is 6.36 Å². The number of nitrogens with zero attached hydrogens (tertiary/aromatic N) is 1. The lowest BCUT2D eigenvalue weighted by Gasteiger charge is -2.12. The van der Waals surface area contributed by atoms with E-state index in [1.54, 1.807) is 6.07 Å². The summed E-state index contributed by atoms with van der Waals surface area (Å²) in [5.41, 5.74) is 7.20. The highest BCUT2D eigenvalue weighted by Gasteiger charge is 2.31. The number of hydrogen-bond acceptors (Lipinski definition) is 2. The normalized spacial score (nSPS) is 11.6. The van der Waals surface area contributed by atoms with Crippen molar-refractivity contribution in [2.75, 3.05) is 6.54 Å². The lowest BCUT2D eigenvalue weighted by Crippen LogP contribution is -2.33. The Morgan fingerprint density at radius 2 is 1.68 bits per heavy atom. The van der Waals surface area contributed by atoms with Gasteiger partial charge in [-0.3, -0.25) is 0 Å². The summed E-state index contributed by atoms with van der Waals surface area (Å²) in [6.45, 7) is 0.580. The number of nitrogens with one attached hydrogen (secondary N) is 1. The number of para-hydroxylation sites is 1. The van der Waals surface area contributed by atoms with E-state index >= 15 is 0 Å². The van der Waals surface area contributed by atoms with Crippen LogP contribution in [-0.2, 0) is 13.0 Å². The fraction of sp³-hybridized carbons (Fsp3) is 0.235. The molecule has 0 amide bonds. The van der Waals surface area contributed by atoms with Crippen LogP contribution < -0.4 is 15.8 Å². The van der Waals surface area contributed by atoms with Gasteiger partial charge < -0.3 is 15.8 Å². The van der Waals surface area contributed by atoms with Crippen molar-refractivity contribution in [2.24, 2.45) is 10.7 Å². The van der Waals surface area contributed by atoms with E-state index in [4.69, 9.17) is 5.73 Å². The molecule has 2 aromatic carbocycles. The minimum absolute atomic E-state index is 0. The molecule has 0 fully saturated rings. The average molecular weight is 465 g/mol. The lowest BCUT2D eigenvalue weighted by atomic mass is 10.1. The summed E-state index contributed by atoms with van der Waals surface area (Å²) < 4.78 is 41.0. The third-order valence-electron chi connectivity index (χ3n) is 3.18. The molecule has 25 heavy (non-hydrogen) atoms. The fourth-order valence-electron chi connectivity index (χ4n) is 2.06. The van der Waals surface area contributed by atoms with Crippen LogP contribution in [0, 0.1) is 0 Å². The van der Waals surface area contributed by atoms with Gasteiger partial charge in [0.1, 0.15) is 5.75 Å². The van der Waals surface area contributed by atoms with E-state index in [9.17, 15) is 13.2 Å². The number of ether oxygens (including phenoxy) is 1. The van der Waals surface area contributed by atoms with E-state index in [-0.39, 0.29) is 42.2 Å². The molecule has 0 unspecified atom stereocenters. The van der Waals surface area contributed by atoms with Crippen molar-refractivity contribution in [3.63, 3.8) is 0 Å². The molecule has 0 aromatic heterocycles. The van der Waals surface area contributed by atoms with Gasteiger partial charge in [0, 0.05) is 12.1 Å². The minimum atomic E-state index is -4.74. The molecule has 0 aliphatic heterocycles. The molecule has 0 spiro atoms. The summed E-state index contributed by atoms with van der Waals surface area (Å²) in [5, 5.41) is 2.93. The molecule has 0 saturated heterocycles. The Balaban J connectivity index is 0.00000312. The van der Waals surface area contributed by atoms with Crippen molar-refractivity contribution < 1.29 is 17.9 Å². The van der Waals surface area contributed by atoms with Gasteiger partial charge in [-0.1, -0.05) is 48.5 Å². The number of hydrogen-bond donors (Lipinski definition) is 2. The Morgan fingerprint density at radius 1 is 1.04 bits per heavy atom. The number of rotatable bonds is 6. The van der Waals surface area contributed by atoms with Gasteiger partial charge in [-0.15, -0.1) is 37.1 Å². The van der Waals surface area contributed by atoms with Crippen molar-refractivity contribution in [2.45, 2.75) is 19.3 Å². The summed E-state index contributed by atoms with van der Waals surface area (Å²) >= 11 is 0. The van der Waals surface area contributed by atoms with Gasteiger partial charge in [0.15, 0.2) is 5.96 Å². The molecule has 0 bridgehead atoms. The minimum Gasteiger partial charge on any atom is -0.405 e. The molecule has 8 heteroatoms. The number of nitrogens with two attached hydrogens (primary N) is 1. The molecule has 2 aromatic rings. The maximum absolute atomic E-state index is 12.4. The Hall–Kier alpha value is -1.97. The Morgan fingerprint density at radius 3 is 2.36 bits per heavy atom. The second-order valence-corrected chi connectivity index (χ2v) is 5.02. The third-order valence-corrected chi connectivity index (χ3v) is 3.18. The van der Waals surface area contributed by atoms with Gasteiger partial charge in [0.25, 0.3) is 0 Å². The zero-order valence-corrected chi connectivity index (χ0v) is 15.6. The quantitative estimate of drug-likeness (QED) is 0.387. The molecule has 136 valence electrons. The Bertz CT molecular complexity index is 678. The first-order valence-corrected chi connectivity index (χ1v) is 7.35. The average Bonchev–Trinajstić information content (AvgIpc) is 2.54. The first-order valence-electron chi connectivity index (χ1n) is 7.35. The smallest absolute Gasteiger partial charge is 0.405 e. The predicted molar refractivity (Wildman–Crippen MR) is 102 cm³/mol. The van der Waals surface area contributed by atoms with Crippen LogP contribution in [0.4, 0.5) is 13.2 Å². The van der Waals surface area contributed by atoms with Gasteiger partial charge in [-0.25, -0.2) is 4.99 Å². The molecule has 0 aliphatic carbocycles. The predicted octanol–water partition coefficient (Wildman–Crippen LogP) is 3.85. The first-order chi connectivity index (χ1) is 11.4. The van der Waals surface area contributed by atoms with Crippen molar-refractivity contribution >= 4 is 29.9 Å². The monoisotopic (exact) mass is 465 g/mol. The largest absolute Gasteiger partial charge is 0.573 e. The van der Waals surface area contributed by atoms with Crippen molar-refractivity contribution in [3.05, 3.63) is 65.7 Å². The van der Waals surface area contributed by atoms with Crippen molar-refractivity contribution in [1.82, 2.24) is 5.32 Å². The second-order valence-electron chi connectivity index (χ2n) is 5.02. The number of halogens is 4. The summed E-state index contributed by atoms with van der Waals surface area (Å²) in [6.07, 6.45) is -3.97. The molecule has 4 nitrogen and oxygen atoms in total.